The quantitative estimate of drug-likeness (QED) is 0.566. The predicted molar refractivity (Wildman–Crippen MR) is 70.3 cm³/mol. The summed E-state index contributed by atoms with van der Waals surface area (Å²) in [6.07, 6.45) is 8.59. The van der Waals surface area contributed by atoms with Crippen LogP contribution in [0.3, 0.4) is 0 Å². The summed E-state index contributed by atoms with van der Waals surface area (Å²) in [5.41, 5.74) is 0. The minimum atomic E-state index is 0.651. The molecule has 92 valence electrons. The highest BCUT2D eigenvalue weighted by Gasteiger charge is 2.26. The van der Waals surface area contributed by atoms with Crippen LogP contribution >= 0.6 is 0 Å². The Morgan fingerprint density at radius 3 is 2.94 bits per heavy atom. The number of unbranched alkanes of at least 4 members (excludes halogenated alkanes) is 1. The second-order valence-electron chi connectivity index (χ2n) is 5.05. The van der Waals surface area contributed by atoms with E-state index in [1.165, 1.54) is 13.0 Å². The van der Waals surface area contributed by atoms with Gasteiger partial charge in [-0.15, -0.1) is 12.3 Å². The second kappa shape index (κ2) is 6.93. The minimum Gasteiger partial charge on any atom is -0.311 e. The van der Waals surface area contributed by atoms with E-state index in [2.05, 4.69) is 36.9 Å². The van der Waals surface area contributed by atoms with Crippen LogP contribution in [0.25, 0.3) is 0 Å². The largest absolute Gasteiger partial charge is 0.311 e. The highest BCUT2D eigenvalue weighted by Crippen LogP contribution is 2.15. The van der Waals surface area contributed by atoms with Gasteiger partial charge in [-0.3, -0.25) is 4.90 Å². The number of nitrogens with one attached hydrogen (secondary N) is 1. The zero-order valence-electron chi connectivity index (χ0n) is 11.0. The van der Waals surface area contributed by atoms with Crippen LogP contribution in [-0.2, 0) is 0 Å². The van der Waals surface area contributed by atoms with Crippen LogP contribution in [0.4, 0.5) is 0 Å². The maximum absolute atomic E-state index is 5.29. The second-order valence-corrected chi connectivity index (χ2v) is 5.05. The highest BCUT2D eigenvalue weighted by atomic mass is 15.2. The molecule has 0 aromatic heterocycles. The Kier molecular flexibility index (Phi) is 5.87. The topological polar surface area (TPSA) is 15.3 Å². The molecule has 2 nitrogen and oxygen atoms in total. The molecular weight excluding hydrogens is 196 g/mol. The van der Waals surface area contributed by atoms with E-state index in [0.717, 1.165) is 31.8 Å². The molecule has 0 bridgehead atoms. The van der Waals surface area contributed by atoms with Crippen molar-refractivity contribution in [2.75, 3.05) is 19.6 Å². The van der Waals surface area contributed by atoms with Crippen molar-refractivity contribution in [1.82, 2.24) is 10.2 Å². The fourth-order valence-corrected chi connectivity index (χ4v) is 2.31. The van der Waals surface area contributed by atoms with Gasteiger partial charge in [0.25, 0.3) is 0 Å². The number of hydrogen-bond donors (Lipinski definition) is 1. The Morgan fingerprint density at radius 2 is 2.31 bits per heavy atom. The van der Waals surface area contributed by atoms with E-state index in [-0.39, 0.29) is 0 Å². The number of piperazine rings is 1. The smallest absolute Gasteiger partial charge is 0.0221 e. The average molecular weight is 222 g/mol. The molecule has 0 spiro atoms. The molecule has 3 unspecified atom stereocenters. The normalized spacial score (nSPS) is 28.6. The molecule has 1 rings (SSSR count). The van der Waals surface area contributed by atoms with Crippen LogP contribution in [0.2, 0.25) is 0 Å². The lowest BCUT2D eigenvalue weighted by molar-refractivity contribution is 0.118. The van der Waals surface area contributed by atoms with Crippen molar-refractivity contribution in [3.8, 4) is 12.3 Å². The summed E-state index contributed by atoms with van der Waals surface area (Å²) >= 11 is 0. The van der Waals surface area contributed by atoms with E-state index in [0.29, 0.717) is 12.1 Å². The van der Waals surface area contributed by atoms with Gasteiger partial charge >= 0.3 is 0 Å². The molecule has 16 heavy (non-hydrogen) atoms. The van der Waals surface area contributed by atoms with Gasteiger partial charge in [0.05, 0.1) is 0 Å². The van der Waals surface area contributed by atoms with Crippen molar-refractivity contribution >= 4 is 0 Å². The Hall–Kier alpha value is -0.520. The van der Waals surface area contributed by atoms with Crippen molar-refractivity contribution in [3.63, 3.8) is 0 Å². The van der Waals surface area contributed by atoms with E-state index < -0.39 is 0 Å². The zero-order valence-corrected chi connectivity index (χ0v) is 11.0. The molecule has 1 heterocycles. The molecule has 1 aliphatic rings. The van der Waals surface area contributed by atoms with Crippen LogP contribution in [0, 0.1) is 18.3 Å². The van der Waals surface area contributed by atoms with Crippen LogP contribution in [0.1, 0.15) is 40.0 Å². The van der Waals surface area contributed by atoms with Gasteiger partial charge < -0.3 is 5.32 Å². The molecule has 0 aromatic carbocycles. The van der Waals surface area contributed by atoms with Crippen molar-refractivity contribution in [3.05, 3.63) is 0 Å². The first kappa shape index (κ1) is 13.5. The summed E-state index contributed by atoms with van der Waals surface area (Å²) in [5, 5.41) is 3.66. The fourth-order valence-electron chi connectivity index (χ4n) is 2.31. The van der Waals surface area contributed by atoms with Gasteiger partial charge in [0, 0.05) is 31.6 Å². The van der Waals surface area contributed by atoms with Crippen molar-refractivity contribution in [2.45, 2.75) is 52.1 Å². The average Bonchev–Trinajstić information content (AvgIpc) is 2.31. The minimum absolute atomic E-state index is 0.651. The van der Waals surface area contributed by atoms with Gasteiger partial charge in [-0.1, -0.05) is 20.3 Å². The first-order valence-electron chi connectivity index (χ1n) is 6.59. The Morgan fingerprint density at radius 1 is 1.56 bits per heavy atom. The lowest BCUT2D eigenvalue weighted by atomic mass is 9.95. The van der Waals surface area contributed by atoms with E-state index >= 15 is 0 Å². The Labute approximate surface area is 101 Å². The number of terminal acetylenes is 1. The van der Waals surface area contributed by atoms with Crippen LogP contribution in [-0.4, -0.2) is 36.6 Å². The van der Waals surface area contributed by atoms with Gasteiger partial charge in [-0.25, -0.2) is 0 Å². The van der Waals surface area contributed by atoms with Gasteiger partial charge in [0.2, 0.25) is 0 Å². The summed E-state index contributed by atoms with van der Waals surface area (Å²) in [6, 6.07) is 1.31. The summed E-state index contributed by atoms with van der Waals surface area (Å²) in [5.74, 6) is 3.49. The predicted octanol–water partition coefficient (Wildman–Crippen LogP) is 2.11. The number of rotatable bonds is 5. The summed E-state index contributed by atoms with van der Waals surface area (Å²) in [7, 11) is 0. The lowest BCUT2D eigenvalue weighted by Gasteiger charge is -2.41. The first-order chi connectivity index (χ1) is 7.69. The molecular formula is C14H26N2. The third kappa shape index (κ3) is 3.81. The highest BCUT2D eigenvalue weighted by molar-refractivity contribution is 4.88. The van der Waals surface area contributed by atoms with E-state index in [9.17, 15) is 0 Å². The fraction of sp³-hybridized carbons (Fsp3) is 0.857. The first-order valence-corrected chi connectivity index (χ1v) is 6.59. The maximum atomic E-state index is 5.29. The molecule has 0 aromatic rings. The van der Waals surface area contributed by atoms with E-state index in [1.54, 1.807) is 0 Å². The molecule has 2 heteroatoms. The molecule has 0 aliphatic carbocycles. The molecule has 0 radical (unpaired) electrons. The third-order valence-corrected chi connectivity index (χ3v) is 3.83. The zero-order chi connectivity index (χ0) is 12.0. The third-order valence-electron chi connectivity index (χ3n) is 3.83. The molecule has 0 saturated carbocycles. The molecule has 0 amide bonds. The summed E-state index contributed by atoms with van der Waals surface area (Å²) in [4.78, 5) is 2.59. The molecule has 1 saturated heterocycles. The van der Waals surface area contributed by atoms with E-state index in [4.69, 9.17) is 6.42 Å². The van der Waals surface area contributed by atoms with Crippen LogP contribution in [0.15, 0.2) is 0 Å². The summed E-state index contributed by atoms with van der Waals surface area (Å²) in [6.45, 7) is 10.4. The van der Waals surface area contributed by atoms with Crippen molar-refractivity contribution < 1.29 is 0 Å². The molecule has 1 aliphatic heterocycles. The van der Waals surface area contributed by atoms with Gasteiger partial charge in [0.15, 0.2) is 0 Å². The Bertz CT molecular complexity index is 231. The van der Waals surface area contributed by atoms with Crippen molar-refractivity contribution in [2.24, 2.45) is 5.92 Å². The molecule has 1 fully saturated rings. The summed E-state index contributed by atoms with van der Waals surface area (Å²) < 4.78 is 0. The molecule has 1 N–H and O–H groups in total. The number of hydrogen-bond acceptors (Lipinski definition) is 2. The standard InChI is InChI=1S/C14H26N2/c1-5-7-8-9-16-11-14(12(3)6-2)15-10-13(16)4/h1,12-15H,6-11H2,2-4H3. The SMILES string of the molecule is C#CCCCN1CC(C(C)CC)NCC1C. The maximum Gasteiger partial charge on any atom is 0.0221 e. The monoisotopic (exact) mass is 222 g/mol. The Balaban J connectivity index is 2.39. The van der Waals surface area contributed by atoms with Gasteiger partial charge in [0.1, 0.15) is 0 Å². The molecule has 3 atom stereocenters. The van der Waals surface area contributed by atoms with E-state index in [1.807, 2.05) is 0 Å². The van der Waals surface area contributed by atoms with Crippen LogP contribution < -0.4 is 5.32 Å². The van der Waals surface area contributed by atoms with Crippen molar-refractivity contribution in [1.29, 1.82) is 0 Å². The lowest BCUT2D eigenvalue weighted by Crippen LogP contribution is -2.57. The van der Waals surface area contributed by atoms with Gasteiger partial charge in [-0.2, -0.15) is 0 Å². The number of nitrogens with zero attached hydrogens (tertiary/aromatic N) is 1. The van der Waals surface area contributed by atoms with Gasteiger partial charge in [-0.05, 0) is 25.8 Å². The van der Waals surface area contributed by atoms with Crippen LogP contribution in [0.5, 0.6) is 0 Å².